The SMILES string of the molecule is C/C(=C\CCc1ccoc1)CC(=O)CC1(C)CCCc2ccoc21. The molecule has 0 radical (unpaired) electrons. The maximum Gasteiger partial charge on any atom is 0.137 e. The highest BCUT2D eigenvalue weighted by Gasteiger charge is 2.36. The third-order valence-electron chi connectivity index (χ3n) is 5.04. The molecule has 1 atom stereocenters. The standard InChI is InChI=1S/C21H26O3/c1-16(5-3-6-17-8-11-23-15-17)13-19(22)14-21(2)10-4-7-18-9-12-24-20(18)21/h5,8-9,11-12,15H,3-4,6-7,10,13-14H2,1-2H3/b16-5+. The van der Waals surface area contributed by atoms with Crippen LogP contribution in [0.3, 0.4) is 0 Å². The molecule has 128 valence electrons. The van der Waals surface area contributed by atoms with Gasteiger partial charge in [0.15, 0.2) is 0 Å². The molecule has 2 heterocycles. The molecule has 2 aromatic heterocycles. The lowest BCUT2D eigenvalue weighted by Gasteiger charge is -2.31. The second kappa shape index (κ2) is 7.25. The van der Waals surface area contributed by atoms with Gasteiger partial charge in [0.25, 0.3) is 0 Å². The smallest absolute Gasteiger partial charge is 0.137 e. The van der Waals surface area contributed by atoms with Crippen molar-refractivity contribution in [2.24, 2.45) is 0 Å². The van der Waals surface area contributed by atoms with Crippen molar-refractivity contribution in [2.45, 2.75) is 64.2 Å². The number of hydrogen-bond donors (Lipinski definition) is 0. The Balaban J connectivity index is 1.54. The summed E-state index contributed by atoms with van der Waals surface area (Å²) in [7, 11) is 0. The van der Waals surface area contributed by atoms with Crippen LogP contribution >= 0.6 is 0 Å². The first kappa shape index (κ1) is 16.8. The van der Waals surface area contributed by atoms with Gasteiger partial charge >= 0.3 is 0 Å². The Morgan fingerprint density at radius 1 is 1.33 bits per heavy atom. The first-order valence-corrected chi connectivity index (χ1v) is 8.82. The van der Waals surface area contributed by atoms with E-state index in [-0.39, 0.29) is 5.41 Å². The molecule has 0 spiro atoms. The summed E-state index contributed by atoms with van der Waals surface area (Å²) < 4.78 is 10.8. The number of rotatable bonds is 7. The molecule has 0 amide bonds. The monoisotopic (exact) mass is 326 g/mol. The van der Waals surface area contributed by atoms with E-state index >= 15 is 0 Å². The van der Waals surface area contributed by atoms with Gasteiger partial charge in [-0.15, -0.1) is 0 Å². The molecule has 0 aliphatic heterocycles. The van der Waals surface area contributed by atoms with Crippen LogP contribution in [-0.4, -0.2) is 5.78 Å². The van der Waals surface area contributed by atoms with Gasteiger partial charge in [-0.3, -0.25) is 4.79 Å². The van der Waals surface area contributed by atoms with Crippen LogP contribution in [0.5, 0.6) is 0 Å². The van der Waals surface area contributed by atoms with Gasteiger partial charge in [-0.1, -0.05) is 18.6 Å². The topological polar surface area (TPSA) is 43.4 Å². The molecule has 3 rings (SSSR count). The average molecular weight is 326 g/mol. The maximum atomic E-state index is 12.6. The highest BCUT2D eigenvalue weighted by molar-refractivity contribution is 5.82. The Kier molecular flexibility index (Phi) is 5.08. The lowest BCUT2D eigenvalue weighted by molar-refractivity contribution is -0.119. The van der Waals surface area contributed by atoms with Gasteiger partial charge < -0.3 is 8.83 Å². The third-order valence-corrected chi connectivity index (χ3v) is 5.04. The number of aryl methyl sites for hydroxylation is 2. The number of furan rings is 2. The first-order chi connectivity index (χ1) is 11.6. The highest BCUT2D eigenvalue weighted by Crippen LogP contribution is 2.40. The minimum Gasteiger partial charge on any atom is -0.472 e. The maximum absolute atomic E-state index is 12.6. The molecule has 0 aromatic carbocycles. The quantitative estimate of drug-likeness (QED) is 0.640. The summed E-state index contributed by atoms with van der Waals surface area (Å²) in [6.07, 6.45) is 13.7. The molecule has 3 nitrogen and oxygen atoms in total. The van der Waals surface area contributed by atoms with E-state index in [4.69, 9.17) is 8.83 Å². The van der Waals surface area contributed by atoms with E-state index in [1.54, 1.807) is 18.8 Å². The lowest BCUT2D eigenvalue weighted by atomic mass is 9.72. The van der Waals surface area contributed by atoms with E-state index in [1.807, 2.05) is 6.07 Å². The van der Waals surface area contributed by atoms with Crippen LogP contribution in [0.2, 0.25) is 0 Å². The molecule has 0 fully saturated rings. The second-order valence-corrected chi connectivity index (χ2v) is 7.30. The summed E-state index contributed by atoms with van der Waals surface area (Å²) in [6.45, 7) is 4.22. The number of carbonyl (C=O) groups excluding carboxylic acids is 1. The second-order valence-electron chi connectivity index (χ2n) is 7.30. The zero-order valence-electron chi connectivity index (χ0n) is 14.6. The fourth-order valence-electron chi connectivity index (χ4n) is 3.81. The third kappa shape index (κ3) is 3.89. The molecule has 0 saturated heterocycles. The molecule has 2 aromatic rings. The van der Waals surface area contributed by atoms with E-state index < -0.39 is 0 Å². The largest absolute Gasteiger partial charge is 0.472 e. The molecule has 1 unspecified atom stereocenters. The van der Waals surface area contributed by atoms with Gasteiger partial charge in [0.2, 0.25) is 0 Å². The molecule has 3 heteroatoms. The summed E-state index contributed by atoms with van der Waals surface area (Å²) in [5.74, 6) is 1.34. The lowest BCUT2D eigenvalue weighted by Crippen LogP contribution is -2.29. The summed E-state index contributed by atoms with van der Waals surface area (Å²) in [6, 6.07) is 4.04. The van der Waals surface area contributed by atoms with Gasteiger partial charge in [-0.05, 0) is 62.3 Å². The van der Waals surface area contributed by atoms with Crippen molar-refractivity contribution in [3.63, 3.8) is 0 Å². The number of Topliss-reactive ketones (excluding diaryl/α,β-unsaturated/α-hetero) is 1. The normalized spacial score (nSPS) is 20.8. The Bertz CT molecular complexity index is 705. The van der Waals surface area contributed by atoms with Crippen molar-refractivity contribution in [1.82, 2.24) is 0 Å². The van der Waals surface area contributed by atoms with Crippen LogP contribution in [0.1, 0.15) is 62.8 Å². The van der Waals surface area contributed by atoms with Crippen molar-refractivity contribution in [3.8, 4) is 0 Å². The molecular formula is C21H26O3. The minimum absolute atomic E-state index is 0.134. The van der Waals surface area contributed by atoms with Gasteiger partial charge in [0.05, 0.1) is 18.8 Å². The number of fused-ring (bicyclic) bond motifs is 1. The van der Waals surface area contributed by atoms with Crippen molar-refractivity contribution in [3.05, 3.63) is 59.5 Å². The van der Waals surface area contributed by atoms with Crippen LogP contribution in [0, 0.1) is 0 Å². The molecular weight excluding hydrogens is 300 g/mol. The van der Waals surface area contributed by atoms with Crippen LogP contribution in [0.15, 0.2) is 51.4 Å². The zero-order valence-corrected chi connectivity index (χ0v) is 14.6. The van der Waals surface area contributed by atoms with Crippen molar-refractivity contribution in [1.29, 1.82) is 0 Å². The summed E-state index contributed by atoms with van der Waals surface area (Å²) in [5.41, 5.74) is 3.50. The molecule has 1 aliphatic carbocycles. The van der Waals surface area contributed by atoms with Crippen LogP contribution in [-0.2, 0) is 23.1 Å². The van der Waals surface area contributed by atoms with Crippen molar-refractivity contribution >= 4 is 5.78 Å². The minimum atomic E-state index is -0.134. The Labute approximate surface area is 143 Å². The first-order valence-electron chi connectivity index (χ1n) is 8.82. The van der Waals surface area contributed by atoms with Crippen molar-refractivity contribution in [2.75, 3.05) is 0 Å². The summed E-state index contributed by atoms with van der Waals surface area (Å²) in [5, 5.41) is 0. The molecule has 24 heavy (non-hydrogen) atoms. The summed E-state index contributed by atoms with van der Waals surface area (Å²) in [4.78, 5) is 12.6. The van der Waals surface area contributed by atoms with E-state index in [0.29, 0.717) is 18.6 Å². The van der Waals surface area contributed by atoms with Gasteiger partial charge in [0, 0.05) is 18.3 Å². The van der Waals surface area contributed by atoms with E-state index in [1.165, 1.54) is 11.1 Å². The number of ketones is 1. The molecule has 0 N–H and O–H groups in total. The average Bonchev–Trinajstić information content (AvgIpc) is 3.18. The number of carbonyl (C=O) groups is 1. The van der Waals surface area contributed by atoms with Gasteiger partial charge in [-0.2, -0.15) is 0 Å². The number of allylic oxidation sites excluding steroid dienone is 2. The van der Waals surface area contributed by atoms with Crippen LogP contribution in [0.25, 0.3) is 0 Å². The molecule has 1 aliphatic rings. The van der Waals surface area contributed by atoms with Crippen molar-refractivity contribution < 1.29 is 13.6 Å². The number of hydrogen-bond acceptors (Lipinski definition) is 3. The Hall–Kier alpha value is -2.03. The van der Waals surface area contributed by atoms with Gasteiger partial charge in [-0.25, -0.2) is 0 Å². The van der Waals surface area contributed by atoms with E-state index in [2.05, 4.69) is 26.0 Å². The fourth-order valence-corrected chi connectivity index (χ4v) is 3.81. The zero-order chi connectivity index (χ0) is 17.0. The van der Waals surface area contributed by atoms with Crippen LogP contribution in [0.4, 0.5) is 0 Å². The summed E-state index contributed by atoms with van der Waals surface area (Å²) >= 11 is 0. The molecule has 0 saturated carbocycles. The Morgan fingerprint density at radius 2 is 2.21 bits per heavy atom. The fraction of sp³-hybridized carbons (Fsp3) is 0.476. The van der Waals surface area contributed by atoms with E-state index in [9.17, 15) is 4.79 Å². The molecule has 0 bridgehead atoms. The predicted molar refractivity (Wildman–Crippen MR) is 94.0 cm³/mol. The predicted octanol–water partition coefficient (Wildman–Crippen LogP) is 5.40. The highest BCUT2D eigenvalue weighted by atomic mass is 16.3. The van der Waals surface area contributed by atoms with Gasteiger partial charge in [0.1, 0.15) is 11.5 Å². The Morgan fingerprint density at radius 3 is 3.00 bits per heavy atom. The van der Waals surface area contributed by atoms with E-state index in [0.717, 1.165) is 43.4 Å². The van der Waals surface area contributed by atoms with Crippen LogP contribution < -0.4 is 0 Å².